The molecule has 3 heterocycles. The Morgan fingerprint density at radius 2 is 2.26 bits per heavy atom. The number of nitrogens with zero attached hydrogens (tertiary/aromatic N) is 5. The van der Waals surface area contributed by atoms with Crippen molar-refractivity contribution >= 4 is 16.9 Å². The van der Waals surface area contributed by atoms with Crippen LogP contribution in [0.15, 0.2) is 24.9 Å². The number of hydrogen-bond acceptors (Lipinski definition) is 5. The molecule has 0 aliphatic heterocycles. The van der Waals surface area contributed by atoms with Gasteiger partial charge in [0.05, 0.1) is 11.8 Å². The second-order valence-electron chi connectivity index (χ2n) is 4.35. The van der Waals surface area contributed by atoms with Gasteiger partial charge in [0.25, 0.3) is 0 Å². The van der Waals surface area contributed by atoms with Crippen LogP contribution in [0.1, 0.15) is 12.2 Å². The smallest absolute Gasteiger partial charge is 0.154 e. The summed E-state index contributed by atoms with van der Waals surface area (Å²) in [5, 5.41) is 9.98. The number of nitrogens with one attached hydrogen (secondary N) is 2. The fraction of sp³-hybridized carbons (Fsp3) is 0.333. The Labute approximate surface area is 110 Å². The first-order valence-electron chi connectivity index (χ1n) is 6.19. The summed E-state index contributed by atoms with van der Waals surface area (Å²) in [4.78, 5) is 12.8. The predicted molar refractivity (Wildman–Crippen MR) is 71.7 cm³/mol. The van der Waals surface area contributed by atoms with Gasteiger partial charge in [-0.25, -0.2) is 15.0 Å². The molecule has 2 N–H and O–H groups in total. The molecule has 0 aliphatic carbocycles. The van der Waals surface area contributed by atoms with Crippen LogP contribution in [-0.4, -0.2) is 36.3 Å². The molecule has 0 bridgehead atoms. The van der Waals surface area contributed by atoms with Crippen LogP contribution < -0.4 is 5.32 Å². The van der Waals surface area contributed by atoms with Crippen LogP contribution in [0.5, 0.6) is 0 Å². The molecule has 0 saturated carbocycles. The predicted octanol–water partition coefficient (Wildman–Crippen LogP) is 1.13. The van der Waals surface area contributed by atoms with Crippen molar-refractivity contribution in [1.82, 2.24) is 29.7 Å². The fourth-order valence-corrected chi connectivity index (χ4v) is 2.01. The summed E-state index contributed by atoms with van der Waals surface area (Å²) >= 11 is 0. The molecule has 0 radical (unpaired) electrons. The van der Waals surface area contributed by atoms with E-state index < -0.39 is 0 Å². The van der Waals surface area contributed by atoms with Crippen molar-refractivity contribution < 1.29 is 0 Å². The first-order chi connectivity index (χ1) is 9.34. The van der Waals surface area contributed by atoms with Gasteiger partial charge in [0, 0.05) is 26.2 Å². The van der Waals surface area contributed by atoms with Crippen molar-refractivity contribution in [2.75, 3.05) is 11.9 Å². The summed E-state index contributed by atoms with van der Waals surface area (Å²) in [6, 6.07) is 1.96. The van der Waals surface area contributed by atoms with E-state index in [1.165, 1.54) is 6.33 Å². The molecule has 0 unspecified atom stereocenters. The number of anilines is 1. The number of aryl methyl sites for hydroxylation is 2. The topological polar surface area (TPSA) is 84.3 Å². The zero-order chi connectivity index (χ0) is 13.1. The minimum atomic E-state index is 0.823. The van der Waals surface area contributed by atoms with Gasteiger partial charge in [-0.05, 0) is 12.5 Å². The van der Waals surface area contributed by atoms with E-state index in [1.807, 2.05) is 17.7 Å². The molecule has 19 heavy (non-hydrogen) atoms. The molecule has 7 heteroatoms. The molecule has 3 rings (SSSR count). The fourth-order valence-electron chi connectivity index (χ4n) is 2.01. The molecule has 3 aromatic rings. The van der Waals surface area contributed by atoms with E-state index in [9.17, 15) is 0 Å². The van der Waals surface area contributed by atoms with Gasteiger partial charge < -0.3 is 9.88 Å². The Kier molecular flexibility index (Phi) is 3.09. The maximum absolute atomic E-state index is 4.36. The van der Waals surface area contributed by atoms with Crippen molar-refractivity contribution in [3.8, 4) is 0 Å². The number of hydrogen-bond donors (Lipinski definition) is 2. The van der Waals surface area contributed by atoms with Crippen LogP contribution in [-0.2, 0) is 13.5 Å². The first-order valence-corrected chi connectivity index (χ1v) is 6.19. The molecule has 0 amide bonds. The third-order valence-corrected chi connectivity index (χ3v) is 2.99. The molecule has 0 fully saturated rings. The summed E-state index contributed by atoms with van der Waals surface area (Å²) in [6.45, 7) is 0.823. The second kappa shape index (κ2) is 5.05. The minimum Gasteiger partial charge on any atom is -0.368 e. The highest BCUT2D eigenvalue weighted by atomic mass is 15.2. The van der Waals surface area contributed by atoms with Crippen LogP contribution in [0, 0.1) is 0 Å². The molecule has 98 valence electrons. The largest absolute Gasteiger partial charge is 0.368 e. The van der Waals surface area contributed by atoms with E-state index >= 15 is 0 Å². The van der Waals surface area contributed by atoms with Crippen LogP contribution in [0.25, 0.3) is 11.0 Å². The Balaban J connectivity index is 1.62. The minimum absolute atomic E-state index is 0.823. The van der Waals surface area contributed by atoms with E-state index in [1.54, 1.807) is 12.5 Å². The lowest BCUT2D eigenvalue weighted by Crippen LogP contribution is -2.05. The lowest BCUT2D eigenvalue weighted by atomic mass is 10.3. The number of pyridine rings is 1. The van der Waals surface area contributed by atoms with E-state index in [2.05, 4.69) is 30.5 Å². The quantitative estimate of drug-likeness (QED) is 0.669. The second-order valence-corrected chi connectivity index (χ2v) is 4.35. The molecule has 3 aromatic heterocycles. The van der Waals surface area contributed by atoms with E-state index in [0.29, 0.717) is 0 Å². The highest BCUT2D eigenvalue weighted by molar-refractivity contribution is 5.85. The highest BCUT2D eigenvalue weighted by Gasteiger charge is 2.06. The summed E-state index contributed by atoms with van der Waals surface area (Å²) in [5.41, 5.74) is 1.98. The number of aromatic amines is 1. The molecule has 0 spiro atoms. The summed E-state index contributed by atoms with van der Waals surface area (Å²) in [7, 11) is 1.98. The Morgan fingerprint density at radius 1 is 1.32 bits per heavy atom. The molecule has 0 atom stereocenters. The van der Waals surface area contributed by atoms with Gasteiger partial charge in [-0.15, -0.1) is 0 Å². The monoisotopic (exact) mass is 257 g/mol. The number of aromatic nitrogens is 6. The van der Waals surface area contributed by atoms with E-state index in [4.69, 9.17) is 0 Å². The molecular formula is C12H15N7. The Hall–Kier alpha value is -2.44. The van der Waals surface area contributed by atoms with Crippen LogP contribution in [0.2, 0.25) is 0 Å². The van der Waals surface area contributed by atoms with E-state index in [-0.39, 0.29) is 0 Å². The van der Waals surface area contributed by atoms with Gasteiger partial charge in [0.1, 0.15) is 17.7 Å². The van der Waals surface area contributed by atoms with Crippen molar-refractivity contribution in [3.05, 3.63) is 30.7 Å². The lowest BCUT2D eigenvalue weighted by molar-refractivity contribution is 0.804. The van der Waals surface area contributed by atoms with Crippen LogP contribution in [0.4, 0.5) is 5.82 Å². The number of H-pyrrole nitrogens is 1. The maximum atomic E-state index is 4.36. The van der Waals surface area contributed by atoms with Crippen molar-refractivity contribution in [1.29, 1.82) is 0 Å². The third-order valence-electron chi connectivity index (χ3n) is 2.99. The average molecular weight is 257 g/mol. The zero-order valence-corrected chi connectivity index (χ0v) is 10.7. The average Bonchev–Trinajstić information content (AvgIpc) is 3.06. The molecule has 0 aliphatic rings. The van der Waals surface area contributed by atoms with Gasteiger partial charge in [-0.1, -0.05) is 0 Å². The molecule has 7 nitrogen and oxygen atoms in total. The Morgan fingerprint density at radius 3 is 3.11 bits per heavy atom. The van der Waals surface area contributed by atoms with Gasteiger partial charge in [0.2, 0.25) is 0 Å². The standard InChI is InChI=1S/C12H15N7/c1-19-8-16-11-9(19)4-6-14-12(11)13-5-2-3-10-15-7-17-18-10/h4,6-8H,2-3,5H2,1H3,(H,13,14)(H,15,17,18). The summed E-state index contributed by atoms with van der Waals surface area (Å²) in [5.74, 6) is 1.74. The van der Waals surface area contributed by atoms with Crippen molar-refractivity contribution in [2.24, 2.45) is 7.05 Å². The molecule has 0 aromatic carbocycles. The summed E-state index contributed by atoms with van der Waals surface area (Å²) < 4.78 is 1.98. The van der Waals surface area contributed by atoms with Gasteiger partial charge in [-0.2, -0.15) is 5.10 Å². The SMILES string of the molecule is Cn1cnc2c(NCCCc3ncn[nH]3)nccc21. The first kappa shape index (κ1) is 11.6. The number of fused-ring (bicyclic) bond motifs is 1. The molecule has 0 saturated heterocycles. The number of rotatable bonds is 5. The van der Waals surface area contributed by atoms with Gasteiger partial charge >= 0.3 is 0 Å². The lowest BCUT2D eigenvalue weighted by Gasteiger charge is -2.05. The normalized spacial score (nSPS) is 11.0. The van der Waals surface area contributed by atoms with Gasteiger partial charge in [-0.3, -0.25) is 5.10 Å². The van der Waals surface area contributed by atoms with Crippen LogP contribution >= 0.6 is 0 Å². The molecular weight excluding hydrogens is 242 g/mol. The van der Waals surface area contributed by atoms with Crippen molar-refractivity contribution in [2.45, 2.75) is 12.8 Å². The van der Waals surface area contributed by atoms with Crippen LogP contribution in [0.3, 0.4) is 0 Å². The third kappa shape index (κ3) is 2.40. The number of imidazole rings is 1. The Bertz CT molecular complexity index is 656. The van der Waals surface area contributed by atoms with E-state index in [0.717, 1.165) is 42.1 Å². The summed E-state index contributed by atoms with van der Waals surface area (Å²) in [6.07, 6.45) is 6.94. The highest BCUT2D eigenvalue weighted by Crippen LogP contribution is 2.18. The van der Waals surface area contributed by atoms with Gasteiger partial charge in [0.15, 0.2) is 5.82 Å². The van der Waals surface area contributed by atoms with Crippen molar-refractivity contribution in [3.63, 3.8) is 0 Å². The maximum Gasteiger partial charge on any atom is 0.154 e. The zero-order valence-electron chi connectivity index (χ0n) is 10.7.